The van der Waals surface area contributed by atoms with Crippen LogP contribution in [-0.4, -0.2) is 29.9 Å². The van der Waals surface area contributed by atoms with E-state index in [1.54, 1.807) is 6.92 Å². The molecule has 4 aliphatic carbocycles. The zero-order valence-electron chi connectivity index (χ0n) is 19.2. The third kappa shape index (κ3) is 3.40. The van der Waals surface area contributed by atoms with E-state index in [0.29, 0.717) is 29.5 Å². The smallest absolute Gasteiger partial charge is 0.302 e. The van der Waals surface area contributed by atoms with Crippen molar-refractivity contribution in [2.24, 2.45) is 40.4 Å². The molecule has 4 aliphatic rings. The van der Waals surface area contributed by atoms with Gasteiger partial charge in [0.1, 0.15) is 18.0 Å². The van der Waals surface area contributed by atoms with Gasteiger partial charge in [-0.15, -0.1) is 0 Å². The predicted octanol–water partition coefficient (Wildman–Crippen LogP) is 4.71. The molecule has 0 saturated heterocycles. The molecule has 168 valence electrons. The summed E-state index contributed by atoms with van der Waals surface area (Å²) in [6.07, 6.45) is 7.83. The molecule has 0 N–H and O–H groups in total. The minimum atomic E-state index is -0.205. The Morgan fingerprint density at radius 3 is 2.03 bits per heavy atom. The third-order valence-corrected chi connectivity index (χ3v) is 9.75. The second-order valence-corrected chi connectivity index (χ2v) is 11.2. The third-order valence-electron chi connectivity index (χ3n) is 9.75. The molecule has 0 amide bonds. The van der Waals surface area contributed by atoms with Gasteiger partial charge in [0.15, 0.2) is 0 Å². The van der Waals surface area contributed by atoms with Crippen molar-refractivity contribution in [2.45, 2.75) is 98.2 Å². The molecule has 4 rings (SSSR count). The van der Waals surface area contributed by atoms with Gasteiger partial charge in [0.25, 0.3) is 0 Å². The highest BCUT2D eigenvalue weighted by Crippen LogP contribution is 2.68. The summed E-state index contributed by atoms with van der Waals surface area (Å²) in [5, 5.41) is 0. The molecule has 30 heavy (non-hydrogen) atoms. The number of Topliss-reactive ketones (excluding diaryl/α,β-unsaturated/α-hetero) is 1. The number of ketones is 1. The Labute approximate surface area is 180 Å². The van der Waals surface area contributed by atoms with Gasteiger partial charge in [0.2, 0.25) is 0 Å². The van der Waals surface area contributed by atoms with Crippen LogP contribution in [0.2, 0.25) is 0 Å². The molecular weight excluding hydrogens is 380 g/mol. The predicted molar refractivity (Wildman–Crippen MR) is 112 cm³/mol. The van der Waals surface area contributed by atoms with E-state index in [1.807, 2.05) is 0 Å². The molecule has 0 bridgehead atoms. The van der Waals surface area contributed by atoms with Crippen LogP contribution < -0.4 is 0 Å². The normalized spacial score (nSPS) is 47.4. The van der Waals surface area contributed by atoms with Gasteiger partial charge in [0, 0.05) is 25.7 Å². The fraction of sp³-hybridized carbons (Fsp3) is 0.880. The van der Waals surface area contributed by atoms with Crippen LogP contribution >= 0.6 is 0 Å². The number of rotatable bonds is 3. The fourth-order valence-corrected chi connectivity index (χ4v) is 8.50. The molecule has 5 nitrogen and oxygen atoms in total. The maximum atomic E-state index is 12.4. The van der Waals surface area contributed by atoms with Crippen LogP contribution in [0.15, 0.2) is 0 Å². The SMILES string of the molecule is CC(=O)O[C@@H]1CC[C@]2(C)C3CC[C@]4(C)C(C(C)=O)CCC4C3[C@H](OC(C)=O)C[C@H]2C1. The Morgan fingerprint density at radius 1 is 0.767 bits per heavy atom. The van der Waals surface area contributed by atoms with Crippen molar-refractivity contribution in [3.05, 3.63) is 0 Å². The van der Waals surface area contributed by atoms with Crippen molar-refractivity contribution < 1.29 is 23.9 Å². The summed E-state index contributed by atoms with van der Waals surface area (Å²) in [4.78, 5) is 36.0. The molecule has 0 aromatic carbocycles. The van der Waals surface area contributed by atoms with Crippen molar-refractivity contribution in [1.29, 1.82) is 0 Å². The van der Waals surface area contributed by atoms with Crippen LogP contribution in [0, 0.1) is 40.4 Å². The maximum absolute atomic E-state index is 12.4. The van der Waals surface area contributed by atoms with Gasteiger partial charge < -0.3 is 9.47 Å². The topological polar surface area (TPSA) is 69.7 Å². The van der Waals surface area contributed by atoms with Crippen LogP contribution in [0.25, 0.3) is 0 Å². The van der Waals surface area contributed by atoms with E-state index < -0.39 is 0 Å². The van der Waals surface area contributed by atoms with Gasteiger partial charge in [-0.05, 0) is 86.9 Å². The lowest BCUT2D eigenvalue weighted by Crippen LogP contribution is -2.59. The van der Waals surface area contributed by atoms with E-state index in [1.165, 1.54) is 13.8 Å². The Hall–Kier alpha value is -1.39. The lowest BCUT2D eigenvalue weighted by atomic mass is 9.44. The molecule has 0 aromatic heterocycles. The molecule has 5 heteroatoms. The van der Waals surface area contributed by atoms with Gasteiger partial charge in [-0.2, -0.15) is 0 Å². The molecular formula is C25H38O5. The summed E-state index contributed by atoms with van der Waals surface area (Å²) in [6.45, 7) is 9.51. The minimum absolute atomic E-state index is 0.0162. The first-order valence-electron chi connectivity index (χ1n) is 11.9. The van der Waals surface area contributed by atoms with E-state index >= 15 is 0 Å². The van der Waals surface area contributed by atoms with Crippen molar-refractivity contribution in [3.8, 4) is 0 Å². The van der Waals surface area contributed by atoms with Crippen molar-refractivity contribution in [1.82, 2.24) is 0 Å². The van der Waals surface area contributed by atoms with E-state index in [9.17, 15) is 14.4 Å². The highest BCUT2D eigenvalue weighted by atomic mass is 16.5. The first-order chi connectivity index (χ1) is 14.1. The molecule has 0 radical (unpaired) electrons. The Kier molecular flexibility index (Phi) is 5.55. The van der Waals surface area contributed by atoms with Crippen LogP contribution in [-0.2, 0) is 23.9 Å². The average molecular weight is 419 g/mol. The number of esters is 2. The Balaban J connectivity index is 1.65. The van der Waals surface area contributed by atoms with E-state index in [2.05, 4.69) is 13.8 Å². The molecule has 4 fully saturated rings. The summed E-state index contributed by atoms with van der Waals surface area (Å²) in [7, 11) is 0. The lowest BCUT2D eigenvalue weighted by Gasteiger charge is -2.62. The van der Waals surface area contributed by atoms with E-state index in [-0.39, 0.29) is 40.9 Å². The molecule has 0 heterocycles. The summed E-state index contributed by atoms with van der Waals surface area (Å²) >= 11 is 0. The van der Waals surface area contributed by atoms with Gasteiger partial charge in [-0.3, -0.25) is 14.4 Å². The molecule has 0 aliphatic heterocycles. The molecule has 0 spiro atoms. The van der Waals surface area contributed by atoms with Crippen molar-refractivity contribution >= 4 is 17.7 Å². The van der Waals surface area contributed by atoms with Crippen LogP contribution in [0.3, 0.4) is 0 Å². The van der Waals surface area contributed by atoms with Gasteiger partial charge in [-0.25, -0.2) is 0 Å². The zero-order chi connectivity index (χ0) is 21.8. The molecule has 0 aromatic rings. The quantitative estimate of drug-likeness (QED) is 0.621. The summed E-state index contributed by atoms with van der Waals surface area (Å²) in [5.41, 5.74) is 0.219. The number of carbonyl (C=O) groups excluding carboxylic acids is 3. The number of ether oxygens (including phenoxy) is 2. The van der Waals surface area contributed by atoms with Gasteiger partial charge >= 0.3 is 11.9 Å². The first-order valence-corrected chi connectivity index (χ1v) is 11.9. The first kappa shape index (κ1) is 21.8. The summed E-state index contributed by atoms with van der Waals surface area (Å²) < 4.78 is 11.6. The molecule has 4 saturated carbocycles. The number of hydrogen-bond acceptors (Lipinski definition) is 5. The van der Waals surface area contributed by atoms with Gasteiger partial charge in [0.05, 0.1) is 0 Å². The molecule has 9 atom stereocenters. The van der Waals surface area contributed by atoms with Crippen molar-refractivity contribution in [2.75, 3.05) is 0 Å². The molecule has 4 unspecified atom stereocenters. The van der Waals surface area contributed by atoms with E-state index in [0.717, 1.165) is 51.4 Å². The highest BCUT2D eigenvalue weighted by molar-refractivity contribution is 5.79. The minimum Gasteiger partial charge on any atom is -0.463 e. The number of hydrogen-bond donors (Lipinski definition) is 0. The fourth-order valence-electron chi connectivity index (χ4n) is 8.50. The summed E-state index contributed by atoms with van der Waals surface area (Å²) in [5.74, 6) is 1.74. The van der Waals surface area contributed by atoms with Crippen LogP contribution in [0.1, 0.15) is 86.0 Å². The average Bonchev–Trinajstić information content (AvgIpc) is 2.99. The second-order valence-electron chi connectivity index (χ2n) is 11.2. The van der Waals surface area contributed by atoms with Crippen LogP contribution in [0.4, 0.5) is 0 Å². The highest BCUT2D eigenvalue weighted by Gasteiger charge is 2.64. The largest absolute Gasteiger partial charge is 0.463 e. The van der Waals surface area contributed by atoms with Crippen LogP contribution in [0.5, 0.6) is 0 Å². The summed E-state index contributed by atoms with van der Waals surface area (Å²) in [6, 6.07) is 0. The standard InChI is InChI=1S/C25H38O5/c1-14(26)19-6-7-20-23-21(9-11-25(19,20)5)24(4)10-8-18(29-15(2)27)12-17(24)13-22(23)30-16(3)28/h17-23H,6-13H2,1-5H3/t17-,18-,19?,20?,21?,22-,23?,24+,25-/m1/s1. The Bertz CT molecular complexity index is 731. The monoisotopic (exact) mass is 418 g/mol. The zero-order valence-corrected chi connectivity index (χ0v) is 19.2. The maximum Gasteiger partial charge on any atom is 0.302 e. The number of carbonyl (C=O) groups is 3. The van der Waals surface area contributed by atoms with E-state index in [4.69, 9.17) is 9.47 Å². The van der Waals surface area contributed by atoms with Crippen molar-refractivity contribution in [3.63, 3.8) is 0 Å². The number of fused-ring (bicyclic) bond motifs is 5. The lowest BCUT2D eigenvalue weighted by molar-refractivity contribution is -0.196. The second kappa shape index (κ2) is 7.63. The Morgan fingerprint density at radius 2 is 1.40 bits per heavy atom. The van der Waals surface area contributed by atoms with Gasteiger partial charge in [-0.1, -0.05) is 13.8 Å².